The van der Waals surface area contributed by atoms with E-state index < -0.39 is 30.5 Å². The van der Waals surface area contributed by atoms with E-state index in [2.05, 4.69) is 0 Å². The molecule has 0 aliphatic heterocycles. The smallest absolute Gasteiger partial charge is 0.307 e. The van der Waals surface area contributed by atoms with E-state index in [0.29, 0.717) is 0 Å². The number of aliphatic carboxylic acids is 2. The summed E-state index contributed by atoms with van der Waals surface area (Å²) in [7, 11) is 0. The lowest BCUT2D eigenvalue weighted by Crippen LogP contribution is -2.29. The highest BCUT2D eigenvalue weighted by molar-refractivity contribution is 5.82. The van der Waals surface area contributed by atoms with Crippen LogP contribution in [0, 0.1) is 5.92 Å². The van der Waals surface area contributed by atoms with E-state index in [1.165, 1.54) is 0 Å². The molecule has 0 aliphatic carbocycles. The summed E-state index contributed by atoms with van der Waals surface area (Å²) in [6.45, 7) is -0.565. The van der Waals surface area contributed by atoms with Gasteiger partial charge in [0, 0.05) is 12.8 Å². The minimum absolute atomic E-state index is 0.108. The Morgan fingerprint density at radius 1 is 1.20 bits per heavy atom. The molecule has 0 saturated heterocycles. The Kier molecular flexibility index (Phi) is 6.03. The average molecular weight is 219 g/mol. The number of aliphatic hydroxyl groups excluding tert-OH is 1. The molecule has 0 saturated carbocycles. The van der Waals surface area contributed by atoms with Crippen molar-refractivity contribution in [2.75, 3.05) is 6.73 Å². The molecule has 1 amide bonds. The zero-order valence-corrected chi connectivity index (χ0v) is 7.97. The molecule has 0 aliphatic rings. The van der Waals surface area contributed by atoms with Crippen LogP contribution in [0.15, 0.2) is 0 Å². The number of carboxylic acids is 2. The van der Waals surface area contributed by atoms with Gasteiger partial charge < -0.3 is 20.6 Å². The lowest BCUT2D eigenvalue weighted by Gasteiger charge is -2.09. The van der Waals surface area contributed by atoms with Crippen molar-refractivity contribution < 1.29 is 29.7 Å². The molecule has 0 bridgehead atoms. The summed E-state index contributed by atoms with van der Waals surface area (Å²) in [6, 6.07) is 0. The number of aliphatic hydroxyl groups is 1. The van der Waals surface area contributed by atoms with Crippen LogP contribution in [0.5, 0.6) is 0 Å². The van der Waals surface area contributed by atoms with E-state index in [9.17, 15) is 14.4 Å². The first-order valence-corrected chi connectivity index (χ1v) is 4.29. The first kappa shape index (κ1) is 13.4. The SMILES string of the molecule is O=C(O)CCC(CC(=O)NCO)C(=O)O. The molecule has 0 aromatic carbocycles. The standard InChI is InChI=1S/C8H13NO6/c10-4-9-6(11)3-5(8(14)15)1-2-7(12)13/h5,10H,1-4H2,(H,9,11)(H,12,13)(H,14,15). The molecule has 0 spiro atoms. The summed E-state index contributed by atoms with van der Waals surface area (Å²) in [5, 5.41) is 27.4. The van der Waals surface area contributed by atoms with Crippen LogP contribution < -0.4 is 5.32 Å². The largest absolute Gasteiger partial charge is 0.481 e. The summed E-state index contributed by atoms with van der Waals surface area (Å²) in [5.74, 6) is -3.98. The van der Waals surface area contributed by atoms with Crippen LogP contribution in [0.1, 0.15) is 19.3 Å². The van der Waals surface area contributed by atoms with Crippen LogP contribution in [0.2, 0.25) is 0 Å². The minimum atomic E-state index is -1.22. The third-order valence-corrected chi connectivity index (χ3v) is 1.76. The Morgan fingerprint density at radius 3 is 2.20 bits per heavy atom. The van der Waals surface area contributed by atoms with Gasteiger partial charge in [-0.05, 0) is 6.42 Å². The first-order chi connectivity index (χ1) is 6.97. The predicted molar refractivity (Wildman–Crippen MR) is 47.8 cm³/mol. The molecular weight excluding hydrogens is 206 g/mol. The summed E-state index contributed by atoms with van der Waals surface area (Å²) in [5.41, 5.74) is 0. The van der Waals surface area contributed by atoms with Gasteiger partial charge in [0.05, 0.1) is 5.92 Å². The number of carbonyl (C=O) groups excluding carboxylic acids is 1. The second-order valence-electron chi connectivity index (χ2n) is 2.93. The van der Waals surface area contributed by atoms with E-state index in [0.717, 1.165) is 0 Å². The maximum Gasteiger partial charge on any atom is 0.307 e. The van der Waals surface area contributed by atoms with Gasteiger partial charge >= 0.3 is 11.9 Å². The van der Waals surface area contributed by atoms with E-state index in [1.54, 1.807) is 0 Å². The van der Waals surface area contributed by atoms with Crippen molar-refractivity contribution in [2.45, 2.75) is 19.3 Å². The molecule has 4 N–H and O–H groups in total. The molecule has 15 heavy (non-hydrogen) atoms. The molecular formula is C8H13NO6. The number of hydrogen-bond donors (Lipinski definition) is 4. The maximum atomic E-state index is 10.9. The number of nitrogens with one attached hydrogen (secondary N) is 1. The van der Waals surface area contributed by atoms with Gasteiger partial charge in [0.15, 0.2) is 0 Å². The molecule has 7 nitrogen and oxygen atoms in total. The predicted octanol–water partition coefficient (Wildman–Crippen LogP) is -0.992. The number of amides is 1. The Hall–Kier alpha value is -1.63. The molecule has 0 fully saturated rings. The number of carboxylic acid groups (broad SMARTS) is 2. The van der Waals surface area contributed by atoms with Crippen molar-refractivity contribution in [3.63, 3.8) is 0 Å². The zero-order valence-electron chi connectivity index (χ0n) is 7.97. The molecule has 0 aromatic heterocycles. The molecule has 0 radical (unpaired) electrons. The molecule has 7 heteroatoms. The molecule has 0 aromatic rings. The average Bonchev–Trinajstić information content (AvgIpc) is 2.11. The number of hydrogen-bond acceptors (Lipinski definition) is 4. The molecule has 1 atom stereocenters. The van der Waals surface area contributed by atoms with E-state index in [-0.39, 0.29) is 19.3 Å². The first-order valence-electron chi connectivity index (χ1n) is 4.29. The van der Waals surface area contributed by atoms with Gasteiger partial charge in [-0.25, -0.2) is 0 Å². The van der Waals surface area contributed by atoms with Gasteiger partial charge in [-0.1, -0.05) is 0 Å². The Morgan fingerprint density at radius 2 is 1.80 bits per heavy atom. The van der Waals surface area contributed by atoms with Crippen LogP contribution in [-0.4, -0.2) is 39.9 Å². The highest BCUT2D eigenvalue weighted by Crippen LogP contribution is 2.11. The van der Waals surface area contributed by atoms with Crippen molar-refractivity contribution in [2.24, 2.45) is 5.92 Å². The zero-order chi connectivity index (χ0) is 11.8. The summed E-state index contributed by atoms with van der Waals surface area (Å²) < 4.78 is 0. The van der Waals surface area contributed by atoms with Gasteiger partial charge in [0.25, 0.3) is 0 Å². The third kappa shape index (κ3) is 6.44. The van der Waals surface area contributed by atoms with Crippen LogP contribution >= 0.6 is 0 Å². The second-order valence-corrected chi connectivity index (χ2v) is 2.93. The Balaban J connectivity index is 4.10. The van der Waals surface area contributed by atoms with Crippen molar-refractivity contribution >= 4 is 17.8 Å². The van der Waals surface area contributed by atoms with Gasteiger partial charge in [0.1, 0.15) is 6.73 Å². The van der Waals surface area contributed by atoms with Gasteiger partial charge in [-0.3, -0.25) is 14.4 Å². The van der Waals surface area contributed by atoms with E-state index in [4.69, 9.17) is 15.3 Å². The number of rotatable bonds is 7. The van der Waals surface area contributed by atoms with Crippen molar-refractivity contribution in [3.8, 4) is 0 Å². The topological polar surface area (TPSA) is 124 Å². The molecule has 86 valence electrons. The van der Waals surface area contributed by atoms with Crippen molar-refractivity contribution in [1.82, 2.24) is 5.32 Å². The van der Waals surface area contributed by atoms with Gasteiger partial charge in [-0.2, -0.15) is 0 Å². The second kappa shape index (κ2) is 6.77. The van der Waals surface area contributed by atoms with Crippen LogP contribution in [0.25, 0.3) is 0 Å². The monoisotopic (exact) mass is 219 g/mol. The lowest BCUT2D eigenvalue weighted by atomic mass is 9.99. The fourth-order valence-corrected chi connectivity index (χ4v) is 0.995. The van der Waals surface area contributed by atoms with Crippen molar-refractivity contribution in [3.05, 3.63) is 0 Å². The van der Waals surface area contributed by atoms with Gasteiger partial charge in [-0.15, -0.1) is 0 Å². The summed E-state index contributed by atoms with van der Waals surface area (Å²) in [4.78, 5) is 31.7. The fourth-order valence-electron chi connectivity index (χ4n) is 0.995. The number of carbonyl (C=O) groups is 3. The molecule has 0 heterocycles. The highest BCUT2D eigenvalue weighted by Gasteiger charge is 2.21. The minimum Gasteiger partial charge on any atom is -0.481 e. The Labute approximate surface area is 85.7 Å². The van der Waals surface area contributed by atoms with Crippen LogP contribution in [0.4, 0.5) is 0 Å². The van der Waals surface area contributed by atoms with E-state index >= 15 is 0 Å². The molecule has 0 rings (SSSR count). The highest BCUT2D eigenvalue weighted by atomic mass is 16.4. The summed E-state index contributed by atoms with van der Waals surface area (Å²) in [6.07, 6.45) is -0.740. The maximum absolute atomic E-state index is 10.9. The van der Waals surface area contributed by atoms with Crippen LogP contribution in [-0.2, 0) is 14.4 Å². The molecule has 1 unspecified atom stereocenters. The summed E-state index contributed by atoms with van der Waals surface area (Å²) >= 11 is 0. The Bertz CT molecular complexity index is 252. The van der Waals surface area contributed by atoms with Gasteiger partial charge in [0.2, 0.25) is 5.91 Å². The van der Waals surface area contributed by atoms with E-state index in [1.807, 2.05) is 5.32 Å². The third-order valence-electron chi connectivity index (χ3n) is 1.76. The lowest BCUT2D eigenvalue weighted by molar-refractivity contribution is -0.145. The van der Waals surface area contributed by atoms with Crippen molar-refractivity contribution in [1.29, 1.82) is 0 Å². The quantitative estimate of drug-likeness (QED) is 0.407. The normalized spacial score (nSPS) is 11.8. The van der Waals surface area contributed by atoms with Crippen LogP contribution in [0.3, 0.4) is 0 Å². The fraction of sp³-hybridized carbons (Fsp3) is 0.625.